The van der Waals surface area contributed by atoms with Gasteiger partial charge >= 0.3 is 0 Å². The quantitative estimate of drug-likeness (QED) is 0.719. The van der Waals surface area contributed by atoms with Crippen LogP contribution in [0.5, 0.6) is 0 Å². The summed E-state index contributed by atoms with van der Waals surface area (Å²) in [5.41, 5.74) is 3.45. The average molecular weight is 220 g/mol. The van der Waals surface area contributed by atoms with E-state index in [9.17, 15) is 4.79 Å². The van der Waals surface area contributed by atoms with E-state index < -0.39 is 0 Å². The summed E-state index contributed by atoms with van der Waals surface area (Å²) in [6.07, 6.45) is 0.694. The van der Waals surface area contributed by atoms with Gasteiger partial charge in [0.05, 0.1) is 0 Å². The molecule has 1 nitrogen and oxygen atoms in total. The Hall–Kier alpha value is -0.760. The van der Waals surface area contributed by atoms with Crippen molar-refractivity contribution in [2.24, 2.45) is 0 Å². The van der Waals surface area contributed by atoms with Gasteiger partial charge in [-0.05, 0) is 23.1 Å². The minimum absolute atomic E-state index is 0.317. The standard InChI is InChI=1S/C13H16OS/c1-9(2)10-3-4-11-8-15-6-5-13(14)12(11)7-10/h3-4,7,9H,5-6,8H2,1-2H3. The molecule has 80 valence electrons. The molecular formula is C13H16OS. The highest BCUT2D eigenvalue weighted by molar-refractivity contribution is 7.98. The summed E-state index contributed by atoms with van der Waals surface area (Å²) in [5.74, 6) is 2.76. The maximum Gasteiger partial charge on any atom is 0.164 e. The Morgan fingerprint density at radius 2 is 2.13 bits per heavy atom. The van der Waals surface area contributed by atoms with E-state index in [1.165, 1.54) is 11.1 Å². The van der Waals surface area contributed by atoms with Crippen LogP contribution in [0.4, 0.5) is 0 Å². The molecule has 1 aliphatic rings. The second-order valence-corrected chi connectivity index (χ2v) is 5.40. The Morgan fingerprint density at radius 1 is 1.33 bits per heavy atom. The van der Waals surface area contributed by atoms with E-state index in [-0.39, 0.29) is 0 Å². The highest BCUT2D eigenvalue weighted by Gasteiger charge is 2.16. The monoisotopic (exact) mass is 220 g/mol. The molecule has 0 saturated heterocycles. The first-order valence-electron chi connectivity index (χ1n) is 5.42. The van der Waals surface area contributed by atoms with E-state index in [1.807, 2.05) is 11.8 Å². The molecule has 2 rings (SSSR count). The molecule has 0 N–H and O–H groups in total. The maximum absolute atomic E-state index is 11.9. The Labute approximate surface area is 95.3 Å². The zero-order valence-electron chi connectivity index (χ0n) is 9.25. The molecule has 0 amide bonds. The molecule has 0 aliphatic carbocycles. The molecule has 15 heavy (non-hydrogen) atoms. The highest BCUT2D eigenvalue weighted by Crippen LogP contribution is 2.26. The van der Waals surface area contributed by atoms with Gasteiger partial charge in [0.15, 0.2) is 5.78 Å². The number of Topliss-reactive ketones (excluding diaryl/α,β-unsaturated/α-hetero) is 1. The number of carbonyl (C=O) groups is 1. The van der Waals surface area contributed by atoms with Crippen molar-refractivity contribution in [2.75, 3.05) is 5.75 Å². The van der Waals surface area contributed by atoms with Gasteiger partial charge in [-0.2, -0.15) is 11.8 Å². The molecule has 0 spiro atoms. The fourth-order valence-corrected chi connectivity index (χ4v) is 2.77. The van der Waals surface area contributed by atoms with Gasteiger partial charge in [0.25, 0.3) is 0 Å². The minimum Gasteiger partial charge on any atom is -0.294 e. The largest absolute Gasteiger partial charge is 0.294 e. The minimum atomic E-state index is 0.317. The van der Waals surface area contributed by atoms with Gasteiger partial charge in [-0.25, -0.2) is 0 Å². The lowest BCUT2D eigenvalue weighted by molar-refractivity contribution is 0.0989. The summed E-state index contributed by atoms with van der Waals surface area (Å²) in [4.78, 5) is 11.9. The SMILES string of the molecule is CC(C)c1ccc2c(c1)C(=O)CCSC2. The van der Waals surface area contributed by atoms with Crippen molar-refractivity contribution in [3.63, 3.8) is 0 Å². The van der Waals surface area contributed by atoms with E-state index in [0.29, 0.717) is 18.1 Å². The molecule has 1 aliphatic heterocycles. The van der Waals surface area contributed by atoms with Crippen molar-refractivity contribution in [1.82, 2.24) is 0 Å². The first-order valence-corrected chi connectivity index (χ1v) is 6.57. The number of hydrogen-bond donors (Lipinski definition) is 0. The van der Waals surface area contributed by atoms with Gasteiger partial charge in [0.1, 0.15) is 0 Å². The van der Waals surface area contributed by atoms with E-state index in [2.05, 4.69) is 32.0 Å². The summed E-state index contributed by atoms with van der Waals surface area (Å²) >= 11 is 1.86. The van der Waals surface area contributed by atoms with Gasteiger partial charge < -0.3 is 0 Å². The summed E-state index contributed by atoms with van der Waals surface area (Å²) in [6, 6.07) is 6.37. The van der Waals surface area contributed by atoms with Crippen LogP contribution in [0.15, 0.2) is 18.2 Å². The zero-order valence-corrected chi connectivity index (χ0v) is 10.1. The van der Waals surface area contributed by atoms with Crippen LogP contribution in [-0.4, -0.2) is 11.5 Å². The molecular weight excluding hydrogens is 204 g/mol. The van der Waals surface area contributed by atoms with Crippen molar-refractivity contribution in [3.05, 3.63) is 34.9 Å². The lowest BCUT2D eigenvalue weighted by atomic mass is 9.95. The molecule has 0 atom stereocenters. The van der Waals surface area contributed by atoms with Crippen molar-refractivity contribution in [1.29, 1.82) is 0 Å². The molecule has 0 saturated carbocycles. The van der Waals surface area contributed by atoms with Crippen LogP contribution >= 0.6 is 11.8 Å². The number of fused-ring (bicyclic) bond motifs is 1. The molecule has 1 heterocycles. The number of rotatable bonds is 1. The van der Waals surface area contributed by atoms with Gasteiger partial charge in [-0.15, -0.1) is 0 Å². The molecule has 1 aromatic rings. The lowest BCUT2D eigenvalue weighted by Gasteiger charge is -2.10. The van der Waals surface area contributed by atoms with Crippen molar-refractivity contribution in [3.8, 4) is 0 Å². The highest BCUT2D eigenvalue weighted by atomic mass is 32.2. The maximum atomic E-state index is 11.9. The fourth-order valence-electron chi connectivity index (χ4n) is 1.82. The number of ketones is 1. The Morgan fingerprint density at radius 3 is 2.87 bits per heavy atom. The number of hydrogen-bond acceptors (Lipinski definition) is 2. The molecule has 0 unspecified atom stereocenters. The second-order valence-electron chi connectivity index (χ2n) is 4.30. The van der Waals surface area contributed by atoms with E-state index >= 15 is 0 Å². The number of thioether (sulfide) groups is 1. The van der Waals surface area contributed by atoms with Crippen LogP contribution < -0.4 is 0 Å². The van der Waals surface area contributed by atoms with Crippen LogP contribution in [0.2, 0.25) is 0 Å². The van der Waals surface area contributed by atoms with Crippen LogP contribution in [-0.2, 0) is 5.75 Å². The van der Waals surface area contributed by atoms with Crippen LogP contribution in [0.1, 0.15) is 47.7 Å². The molecule has 2 heteroatoms. The van der Waals surface area contributed by atoms with Gasteiger partial charge in [-0.3, -0.25) is 4.79 Å². The third-order valence-corrected chi connectivity index (χ3v) is 3.84. The topological polar surface area (TPSA) is 17.1 Å². The predicted octanol–water partition coefficient (Wildman–Crippen LogP) is 3.63. The summed E-state index contributed by atoms with van der Waals surface area (Å²) < 4.78 is 0. The molecule has 0 aromatic heterocycles. The molecule has 0 radical (unpaired) electrons. The zero-order chi connectivity index (χ0) is 10.8. The normalized spacial score (nSPS) is 16.3. The van der Waals surface area contributed by atoms with Crippen LogP contribution in [0, 0.1) is 0 Å². The first kappa shape index (κ1) is 10.7. The number of carbonyl (C=O) groups excluding carboxylic acids is 1. The van der Waals surface area contributed by atoms with Crippen LogP contribution in [0.3, 0.4) is 0 Å². The Bertz CT molecular complexity index is 382. The Balaban J connectivity index is 2.44. The average Bonchev–Trinajstić information content (AvgIpc) is 2.40. The summed E-state index contributed by atoms with van der Waals surface area (Å²) in [6.45, 7) is 4.33. The summed E-state index contributed by atoms with van der Waals surface area (Å²) in [5, 5.41) is 0. The van der Waals surface area contributed by atoms with Crippen molar-refractivity contribution in [2.45, 2.75) is 31.9 Å². The molecule has 0 bridgehead atoms. The lowest BCUT2D eigenvalue weighted by Crippen LogP contribution is -2.02. The van der Waals surface area contributed by atoms with E-state index in [4.69, 9.17) is 0 Å². The summed E-state index contributed by atoms with van der Waals surface area (Å²) in [7, 11) is 0. The third kappa shape index (κ3) is 2.25. The Kier molecular flexibility index (Phi) is 3.15. The molecule has 1 aromatic carbocycles. The van der Waals surface area contributed by atoms with Crippen LogP contribution in [0.25, 0.3) is 0 Å². The smallest absolute Gasteiger partial charge is 0.164 e. The van der Waals surface area contributed by atoms with E-state index in [1.54, 1.807) is 0 Å². The van der Waals surface area contributed by atoms with Gasteiger partial charge in [-0.1, -0.05) is 26.0 Å². The first-order chi connectivity index (χ1) is 7.18. The van der Waals surface area contributed by atoms with Crippen molar-refractivity contribution < 1.29 is 4.79 Å². The predicted molar refractivity (Wildman–Crippen MR) is 65.6 cm³/mol. The van der Waals surface area contributed by atoms with E-state index in [0.717, 1.165) is 17.1 Å². The second kappa shape index (κ2) is 4.40. The molecule has 0 fully saturated rings. The van der Waals surface area contributed by atoms with Gasteiger partial charge in [0.2, 0.25) is 0 Å². The van der Waals surface area contributed by atoms with Crippen molar-refractivity contribution >= 4 is 17.5 Å². The third-order valence-electron chi connectivity index (χ3n) is 2.83. The van der Waals surface area contributed by atoms with Gasteiger partial charge in [0, 0.05) is 23.5 Å². The number of benzene rings is 1. The fraction of sp³-hybridized carbons (Fsp3) is 0.462.